The molecule has 0 bridgehead atoms. The number of nitrogens with zero attached hydrogens (tertiary/aromatic N) is 4. The minimum atomic E-state index is -0.0985. The Balaban J connectivity index is 2.72. The highest BCUT2D eigenvalue weighted by Gasteiger charge is 2.20. The van der Waals surface area contributed by atoms with Crippen LogP contribution in [0, 0.1) is 11.3 Å². The average molecular weight is 200 g/mol. The third-order valence-corrected chi connectivity index (χ3v) is 2.15. The summed E-state index contributed by atoms with van der Waals surface area (Å²) in [5.41, 5.74) is 1.09. The van der Waals surface area contributed by atoms with Gasteiger partial charge in [0.25, 0.3) is 0 Å². The number of rotatable bonds is 0. The van der Waals surface area contributed by atoms with Gasteiger partial charge in [0.15, 0.2) is 11.5 Å². The van der Waals surface area contributed by atoms with Gasteiger partial charge in [0.05, 0.1) is 5.56 Å². The summed E-state index contributed by atoms with van der Waals surface area (Å²) in [6.07, 6.45) is 1.80. The highest BCUT2D eigenvalue weighted by Crippen LogP contribution is 2.19. The van der Waals surface area contributed by atoms with E-state index in [1.165, 1.54) is 0 Å². The van der Waals surface area contributed by atoms with Gasteiger partial charge in [-0.3, -0.25) is 0 Å². The largest absolute Gasteiger partial charge is 0.219 e. The van der Waals surface area contributed by atoms with Crippen molar-refractivity contribution in [3.05, 3.63) is 29.7 Å². The van der Waals surface area contributed by atoms with Crippen LogP contribution in [0.4, 0.5) is 0 Å². The lowest BCUT2D eigenvalue weighted by Crippen LogP contribution is -2.13. The smallest absolute Gasteiger partial charge is 0.173 e. The molecule has 0 aliphatic carbocycles. The molecule has 2 heterocycles. The van der Waals surface area contributed by atoms with Crippen molar-refractivity contribution >= 4 is 5.65 Å². The van der Waals surface area contributed by atoms with E-state index < -0.39 is 0 Å². The normalized spacial score (nSPS) is 11.6. The van der Waals surface area contributed by atoms with Crippen molar-refractivity contribution in [3.63, 3.8) is 0 Å². The van der Waals surface area contributed by atoms with Crippen LogP contribution in [-0.4, -0.2) is 14.6 Å². The Morgan fingerprint density at radius 1 is 1.40 bits per heavy atom. The molecule has 2 rings (SSSR count). The summed E-state index contributed by atoms with van der Waals surface area (Å²) >= 11 is 0. The van der Waals surface area contributed by atoms with E-state index in [1.54, 1.807) is 22.8 Å². The SMILES string of the molecule is CC(C)(C)c1nc2c(C#N)cccn2n1. The lowest BCUT2D eigenvalue weighted by atomic mass is 9.96. The highest BCUT2D eigenvalue weighted by atomic mass is 15.3. The Morgan fingerprint density at radius 2 is 2.13 bits per heavy atom. The summed E-state index contributed by atoms with van der Waals surface area (Å²) in [5, 5.41) is 13.3. The van der Waals surface area contributed by atoms with E-state index in [0.717, 1.165) is 5.82 Å². The maximum atomic E-state index is 8.92. The predicted molar refractivity (Wildman–Crippen MR) is 56.4 cm³/mol. The van der Waals surface area contributed by atoms with E-state index >= 15 is 0 Å². The highest BCUT2D eigenvalue weighted by molar-refractivity contribution is 5.54. The number of fused-ring (bicyclic) bond motifs is 1. The molecule has 0 aliphatic rings. The molecule has 0 saturated heterocycles. The maximum Gasteiger partial charge on any atom is 0.173 e. The van der Waals surface area contributed by atoms with E-state index in [0.29, 0.717) is 11.2 Å². The summed E-state index contributed by atoms with van der Waals surface area (Å²) in [7, 11) is 0. The van der Waals surface area contributed by atoms with Crippen LogP contribution in [0.5, 0.6) is 0 Å². The zero-order valence-corrected chi connectivity index (χ0v) is 9.02. The molecule has 4 nitrogen and oxygen atoms in total. The van der Waals surface area contributed by atoms with E-state index in [-0.39, 0.29) is 5.41 Å². The molecule has 0 N–H and O–H groups in total. The minimum absolute atomic E-state index is 0.0985. The van der Waals surface area contributed by atoms with Crippen molar-refractivity contribution in [2.45, 2.75) is 26.2 Å². The molecule has 0 atom stereocenters. The Morgan fingerprint density at radius 3 is 2.73 bits per heavy atom. The molecule has 76 valence electrons. The minimum Gasteiger partial charge on any atom is -0.219 e. The van der Waals surface area contributed by atoms with Crippen LogP contribution < -0.4 is 0 Å². The number of pyridine rings is 1. The standard InChI is InChI=1S/C11H12N4/c1-11(2,3)10-13-9-8(7-12)5-4-6-15(9)14-10/h4-6H,1-3H3. The Bertz CT molecular complexity index is 540. The van der Waals surface area contributed by atoms with Crippen LogP contribution in [0.25, 0.3) is 5.65 Å². The van der Waals surface area contributed by atoms with Crippen molar-refractivity contribution in [1.29, 1.82) is 5.26 Å². The topological polar surface area (TPSA) is 54.0 Å². The summed E-state index contributed by atoms with van der Waals surface area (Å²) in [4.78, 5) is 4.38. The van der Waals surface area contributed by atoms with Gasteiger partial charge in [-0.2, -0.15) is 10.4 Å². The van der Waals surface area contributed by atoms with Crippen LogP contribution in [0.2, 0.25) is 0 Å². The van der Waals surface area contributed by atoms with E-state index in [9.17, 15) is 0 Å². The molecule has 0 aromatic carbocycles. The van der Waals surface area contributed by atoms with Crippen LogP contribution in [0.3, 0.4) is 0 Å². The van der Waals surface area contributed by atoms with Crippen LogP contribution in [-0.2, 0) is 5.41 Å². The Kier molecular flexibility index (Phi) is 1.97. The Hall–Kier alpha value is -1.89. The average Bonchev–Trinajstić information content (AvgIpc) is 2.59. The molecular formula is C11H12N4. The molecule has 0 unspecified atom stereocenters. The number of aromatic nitrogens is 3. The first-order valence-electron chi connectivity index (χ1n) is 4.78. The van der Waals surface area contributed by atoms with Crippen molar-refractivity contribution in [2.75, 3.05) is 0 Å². The van der Waals surface area contributed by atoms with E-state index in [2.05, 4.69) is 16.2 Å². The molecule has 4 heteroatoms. The maximum absolute atomic E-state index is 8.92. The molecule has 15 heavy (non-hydrogen) atoms. The van der Waals surface area contributed by atoms with Gasteiger partial charge in [0, 0.05) is 11.6 Å². The zero-order chi connectivity index (χ0) is 11.1. The first-order valence-corrected chi connectivity index (χ1v) is 4.78. The fraction of sp³-hybridized carbons (Fsp3) is 0.364. The molecule has 0 saturated carbocycles. The lowest BCUT2D eigenvalue weighted by Gasteiger charge is -2.11. The molecule has 0 fully saturated rings. The van der Waals surface area contributed by atoms with Crippen molar-refractivity contribution in [1.82, 2.24) is 14.6 Å². The summed E-state index contributed by atoms with van der Waals surface area (Å²) in [6.45, 7) is 6.15. The fourth-order valence-electron chi connectivity index (χ4n) is 1.31. The number of nitriles is 1. The summed E-state index contributed by atoms with van der Waals surface area (Å²) in [6, 6.07) is 5.66. The van der Waals surface area contributed by atoms with Crippen LogP contribution in [0.1, 0.15) is 32.2 Å². The Labute approximate surface area is 88.2 Å². The van der Waals surface area contributed by atoms with Crippen molar-refractivity contribution < 1.29 is 0 Å². The second-order valence-electron chi connectivity index (χ2n) is 4.49. The number of hydrogen-bond donors (Lipinski definition) is 0. The second-order valence-corrected chi connectivity index (χ2v) is 4.49. The third-order valence-electron chi connectivity index (χ3n) is 2.15. The lowest BCUT2D eigenvalue weighted by molar-refractivity contribution is 0.545. The monoisotopic (exact) mass is 200 g/mol. The third kappa shape index (κ3) is 1.57. The van der Waals surface area contributed by atoms with Gasteiger partial charge in [-0.1, -0.05) is 20.8 Å². The fourth-order valence-corrected chi connectivity index (χ4v) is 1.31. The van der Waals surface area contributed by atoms with Gasteiger partial charge in [0.2, 0.25) is 0 Å². The molecular weight excluding hydrogens is 188 g/mol. The van der Waals surface area contributed by atoms with E-state index in [4.69, 9.17) is 5.26 Å². The summed E-state index contributed by atoms with van der Waals surface area (Å²) in [5.74, 6) is 0.755. The van der Waals surface area contributed by atoms with Crippen molar-refractivity contribution in [2.24, 2.45) is 0 Å². The van der Waals surface area contributed by atoms with E-state index in [1.807, 2.05) is 20.8 Å². The van der Waals surface area contributed by atoms with Gasteiger partial charge in [-0.25, -0.2) is 9.50 Å². The van der Waals surface area contributed by atoms with Gasteiger partial charge in [0.1, 0.15) is 6.07 Å². The number of hydrogen-bond acceptors (Lipinski definition) is 3. The molecule has 2 aromatic rings. The molecule has 2 aromatic heterocycles. The molecule has 0 amide bonds. The summed E-state index contributed by atoms with van der Waals surface area (Å²) < 4.78 is 1.65. The van der Waals surface area contributed by atoms with Gasteiger partial charge >= 0.3 is 0 Å². The van der Waals surface area contributed by atoms with Gasteiger partial charge in [-0.05, 0) is 12.1 Å². The second kappa shape index (κ2) is 3.06. The first kappa shape index (κ1) is 9.66. The molecule has 0 aliphatic heterocycles. The zero-order valence-electron chi connectivity index (χ0n) is 9.02. The quantitative estimate of drug-likeness (QED) is 0.652. The first-order chi connectivity index (χ1) is 7.02. The predicted octanol–water partition coefficient (Wildman–Crippen LogP) is 1.90. The van der Waals surface area contributed by atoms with Crippen LogP contribution >= 0.6 is 0 Å². The van der Waals surface area contributed by atoms with Gasteiger partial charge in [-0.15, -0.1) is 0 Å². The van der Waals surface area contributed by atoms with Crippen molar-refractivity contribution in [3.8, 4) is 6.07 Å². The molecule has 0 spiro atoms. The van der Waals surface area contributed by atoms with Gasteiger partial charge < -0.3 is 0 Å². The van der Waals surface area contributed by atoms with Crippen LogP contribution in [0.15, 0.2) is 18.3 Å². The molecule has 0 radical (unpaired) electrons.